The predicted molar refractivity (Wildman–Crippen MR) is 110 cm³/mol. The van der Waals surface area contributed by atoms with Crippen LogP contribution in [0.5, 0.6) is 0 Å². The molecule has 0 saturated carbocycles. The molecule has 0 spiro atoms. The number of hydrogen-bond acceptors (Lipinski definition) is 8. The minimum absolute atomic E-state index is 0.295. The first-order chi connectivity index (χ1) is 15.1. The van der Waals surface area contributed by atoms with Gasteiger partial charge in [-0.05, 0) is 25.1 Å². The van der Waals surface area contributed by atoms with Crippen LogP contribution in [0.2, 0.25) is 0 Å². The van der Waals surface area contributed by atoms with Crippen molar-refractivity contribution in [2.45, 2.75) is 31.5 Å². The fraction of sp³-hybridized carbons (Fsp3) is 0.385. The Labute approximate surface area is 189 Å². The van der Waals surface area contributed by atoms with Gasteiger partial charge in [-0.2, -0.15) is 0 Å². The van der Waals surface area contributed by atoms with E-state index in [1.54, 1.807) is 31.3 Å². The number of pyridine rings is 2. The zero-order chi connectivity index (χ0) is 27.1. The van der Waals surface area contributed by atoms with Gasteiger partial charge >= 0.3 is 23.5 Å². The Balaban J connectivity index is 0.000000599. The number of aliphatic hydroxyl groups excluding tert-OH is 2. The lowest BCUT2D eigenvalue weighted by Crippen LogP contribution is -2.34. The first-order valence-corrected chi connectivity index (χ1v) is 13.1. The molecule has 11 N–H and O–H groups in total. The topological polar surface area (TPSA) is 318 Å². The van der Waals surface area contributed by atoms with Crippen LogP contribution in [0, 0.1) is 0 Å². The van der Waals surface area contributed by atoms with Crippen LogP contribution in [0.3, 0.4) is 0 Å². The van der Waals surface area contributed by atoms with Crippen molar-refractivity contribution in [3.63, 3.8) is 0 Å². The van der Waals surface area contributed by atoms with Crippen molar-refractivity contribution in [1.82, 2.24) is 9.55 Å². The van der Waals surface area contributed by atoms with E-state index in [4.69, 9.17) is 62.5 Å². The quantitative estimate of drug-likeness (QED) is 0.159. The van der Waals surface area contributed by atoms with Crippen LogP contribution in [-0.2, 0) is 18.4 Å². The second kappa shape index (κ2) is 13.0. The van der Waals surface area contributed by atoms with Crippen molar-refractivity contribution in [3.8, 4) is 0 Å². The van der Waals surface area contributed by atoms with Crippen LogP contribution in [0.4, 0.5) is 0 Å². The molecule has 1 aliphatic rings. The van der Waals surface area contributed by atoms with Crippen molar-refractivity contribution in [3.05, 3.63) is 40.9 Å². The van der Waals surface area contributed by atoms with Gasteiger partial charge in [0.1, 0.15) is 12.2 Å². The molecule has 0 bridgehead atoms. The number of nitrogens with zero attached hydrogens (tertiary/aromatic N) is 2. The summed E-state index contributed by atoms with van der Waals surface area (Å²) >= 11 is 0. The van der Waals surface area contributed by atoms with Gasteiger partial charge in [-0.1, -0.05) is 0 Å². The summed E-state index contributed by atoms with van der Waals surface area (Å²) < 4.78 is 33.4. The van der Waals surface area contributed by atoms with E-state index in [0.29, 0.717) is 10.9 Å². The summed E-state index contributed by atoms with van der Waals surface area (Å²) in [6.07, 6.45) is -0.378. The molecule has 196 valence electrons. The van der Waals surface area contributed by atoms with Crippen molar-refractivity contribution in [2.24, 2.45) is 0 Å². The molecule has 1 aliphatic heterocycles. The number of rotatable bonds is 1. The molecule has 4 unspecified atom stereocenters. The highest BCUT2D eigenvalue weighted by Gasteiger charge is 2.41. The maximum atomic E-state index is 12.3. The summed E-state index contributed by atoms with van der Waals surface area (Å²) in [6, 6.07) is 5.03. The predicted octanol–water partition coefficient (Wildman–Crippen LogP) is -2.75. The van der Waals surface area contributed by atoms with Crippen molar-refractivity contribution < 1.29 is 72.7 Å². The van der Waals surface area contributed by atoms with Crippen LogP contribution in [0.15, 0.2) is 35.4 Å². The highest BCUT2D eigenvalue weighted by molar-refractivity contribution is 7.45. The van der Waals surface area contributed by atoms with Gasteiger partial charge in [-0.3, -0.25) is 14.3 Å². The van der Waals surface area contributed by atoms with E-state index in [2.05, 4.69) is 4.98 Å². The number of phosphoric acid groups is 3. The average molecular weight is 556 g/mol. The fourth-order valence-electron chi connectivity index (χ4n) is 2.35. The Morgan fingerprint density at radius 1 is 0.853 bits per heavy atom. The molecule has 21 heteroatoms. The van der Waals surface area contributed by atoms with E-state index >= 15 is 0 Å². The number of fused-ring (bicyclic) bond motifs is 1. The van der Waals surface area contributed by atoms with Crippen LogP contribution in [0.25, 0.3) is 10.9 Å². The fourth-order valence-corrected chi connectivity index (χ4v) is 2.35. The van der Waals surface area contributed by atoms with E-state index in [0.717, 1.165) is 0 Å². The van der Waals surface area contributed by atoms with E-state index in [9.17, 15) is 15.0 Å². The van der Waals surface area contributed by atoms with Crippen molar-refractivity contribution in [2.75, 3.05) is 0 Å². The molecular formula is C13H23N2O16P3. The summed E-state index contributed by atoms with van der Waals surface area (Å²) in [6.45, 7) is 1.65. The van der Waals surface area contributed by atoms with Gasteiger partial charge in [-0.15, -0.1) is 0 Å². The molecule has 4 atom stereocenters. The van der Waals surface area contributed by atoms with Crippen LogP contribution < -0.4 is 5.56 Å². The molecule has 0 radical (unpaired) electrons. The van der Waals surface area contributed by atoms with Gasteiger partial charge in [0.15, 0.2) is 6.23 Å². The van der Waals surface area contributed by atoms with Gasteiger partial charge < -0.3 is 59.0 Å². The first kappa shape index (κ1) is 32.6. The lowest BCUT2D eigenvalue weighted by atomic mass is 10.1. The maximum Gasteiger partial charge on any atom is 0.466 e. The Kier molecular flexibility index (Phi) is 12.5. The Hall–Kier alpha value is -1.43. The zero-order valence-corrected chi connectivity index (χ0v) is 19.6. The number of hydrogen-bond donors (Lipinski definition) is 11. The highest BCUT2D eigenvalue weighted by Crippen LogP contribution is 2.28. The molecular weight excluding hydrogens is 533 g/mol. The van der Waals surface area contributed by atoms with Gasteiger partial charge in [-0.25, -0.2) is 13.7 Å². The van der Waals surface area contributed by atoms with Gasteiger partial charge in [0.2, 0.25) is 0 Å². The lowest BCUT2D eigenvalue weighted by Gasteiger charge is -2.17. The number of aliphatic hydroxyl groups is 2. The van der Waals surface area contributed by atoms with Crippen molar-refractivity contribution >= 4 is 34.4 Å². The Morgan fingerprint density at radius 2 is 1.29 bits per heavy atom. The van der Waals surface area contributed by atoms with Crippen LogP contribution >= 0.6 is 23.5 Å². The van der Waals surface area contributed by atoms with E-state index in [1.807, 2.05) is 0 Å². The van der Waals surface area contributed by atoms with E-state index < -0.39 is 48.0 Å². The molecule has 1 saturated heterocycles. The minimum atomic E-state index is -4.64. The molecule has 3 heterocycles. The largest absolute Gasteiger partial charge is 0.466 e. The molecule has 34 heavy (non-hydrogen) atoms. The zero-order valence-electron chi connectivity index (χ0n) is 16.9. The summed E-state index contributed by atoms with van der Waals surface area (Å²) in [4.78, 5) is 81.1. The monoisotopic (exact) mass is 556 g/mol. The van der Waals surface area contributed by atoms with Gasteiger partial charge in [0, 0.05) is 12.4 Å². The third-order valence-corrected chi connectivity index (χ3v) is 3.45. The summed E-state index contributed by atoms with van der Waals surface area (Å²) in [5.41, 5.74) is 0.292. The summed E-state index contributed by atoms with van der Waals surface area (Å²) in [5.74, 6) is 0. The smallest absolute Gasteiger partial charge is 0.388 e. The highest BCUT2D eigenvalue weighted by atomic mass is 31.2. The minimum Gasteiger partial charge on any atom is -0.388 e. The molecule has 2 aromatic heterocycles. The van der Waals surface area contributed by atoms with Crippen LogP contribution in [0.1, 0.15) is 13.2 Å². The molecule has 3 rings (SSSR count). The molecule has 18 nitrogen and oxygen atoms in total. The van der Waals surface area contributed by atoms with Gasteiger partial charge in [0.05, 0.1) is 17.0 Å². The third-order valence-electron chi connectivity index (χ3n) is 3.45. The SMILES string of the molecule is CC1OC(n2ccc3ncccc3c2=O)C(O)C1O.O=P(O)(O)O.O=P(O)(O)O.O=P(O)(O)O. The lowest BCUT2D eigenvalue weighted by molar-refractivity contribution is -0.0339. The second-order valence-corrected chi connectivity index (χ2v) is 9.30. The third kappa shape index (κ3) is 14.7. The second-order valence-electron chi connectivity index (χ2n) is 6.22. The normalized spacial score (nSPS) is 22.5. The maximum absolute atomic E-state index is 12.3. The molecule has 0 amide bonds. The Bertz CT molecular complexity index is 1050. The number of aromatic nitrogens is 2. The molecule has 2 aromatic rings. The summed E-state index contributed by atoms with van der Waals surface area (Å²) in [5, 5.41) is 20.1. The molecule has 0 aromatic carbocycles. The van der Waals surface area contributed by atoms with E-state index in [1.165, 1.54) is 10.8 Å². The molecule has 0 aliphatic carbocycles. The average Bonchev–Trinajstić information content (AvgIpc) is 2.85. The molecule has 1 fully saturated rings. The number of ether oxygens (including phenoxy) is 1. The first-order valence-electron chi connectivity index (χ1n) is 8.42. The van der Waals surface area contributed by atoms with Gasteiger partial charge in [0.25, 0.3) is 5.56 Å². The van der Waals surface area contributed by atoms with Crippen LogP contribution in [-0.4, -0.2) is 82.1 Å². The Morgan fingerprint density at radius 3 is 1.68 bits per heavy atom. The standard InChI is InChI=1S/C13H14N2O4.3H3O4P/c1-7-10(16)11(17)13(19-7)15-6-4-9-8(12(15)18)3-2-5-14-9;3*1-5(2,3)4/h2-7,10-11,13,16-17H,1H3;3*(H3,1,2,3,4). The summed E-state index contributed by atoms with van der Waals surface area (Å²) in [7, 11) is -13.9. The van der Waals surface area contributed by atoms with Crippen molar-refractivity contribution in [1.29, 1.82) is 0 Å². The van der Waals surface area contributed by atoms with E-state index in [-0.39, 0.29) is 5.56 Å².